The molecule has 4 amide bonds. The van der Waals surface area contributed by atoms with Gasteiger partial charge in [-0.2, -0.15) is 5.26 Å². The maximum Gasteiger partial charge on any atom is 0.407 e. The average molecular weight is 540 g/mol. The lowest BCUT2D eigenvalue weighted by atomic mass is 9.89. The van der Waals surface area contributed by atoms with Gasteiger partial charge in [-0.15, -0.1) is 0 Å². The molecule has 40 heavy (non-hydrogen) atoms. The molecule has 1 saturated heterocycles. The highest BCUT2D eigenvalue weighted by molar-refractivity contribution is 5.97. The number of piperidine rings is 1. The van der Waals surface area contributed by atoms with Crippen LogP contribution in [0, 0.1) is 18.3 Å². The molecule has 0 unspecified atom stereocenters. The van der Waals surface area contributed by atoms with Gasteiger partial charge in [0.25, 0.3) is 5.91 Å². The highest BCUT2D eigenvalue weighted by Gasteiger charge is 2.25. The van der Waals surface area contributed by atoms with E-state index in [2.05, 4.69) is 22.0 Å². The third-order valence-electron chi connectivity index (χ3n) is 6.92. The maximum absolute atomic E-state index is 13.2. The van der Waals surface area contributed by atoms with Gasteiger partial charge in [0.05, 0.1) is 11.6 Å². The number of nitrogens with one attached hydrogen (secondary N) is 3. The summed E-state index contributed by atoms with van der Waals surface area (Å²) in [6.45, 7) is 3.72. The number of nitrogens with zero attached hydrogens (tertiary/aromatic N) is 2. The molecule has 1 aliphatic rings. The normalized spacial score (nSPS) is 13.2. The zero-order valence-electron chi connectivity index (χ0n) is 22.5. The fourth-order valence-electron chi connectivity index (χ4n) is 4.60. The van der Waals surface area contributed by atoms with E-state index >= 15 is 0 Å². The van der Waals surface area contributed by atoms with Crippen LogP contribution in [0.1, 0.15) is 51.4 Å². The predicted molar refractivity (Wildman–Crippen MR) is 152 cm³/mol. The topological polar surface area (TPSA) is 124 Å². The molecule has 1 aliphatic heterocycles. The fraction of sp³-hybridized carbons (Fsp3) is 0.290. The van der Waals surface area contributed by atoms with Crippen LogP contribution in [-0.4, -0.2) is 49.1 Å². The lowest BCUT2D eigenvalue weighted by Crippen LogP contribution is -2.38. The van der Waals surface area contributed by atoms with Gasteiger partial charge >= 0.3 is 12.1 Å². The summed E-state index contributed by atoms with van der Waals surface area (Å²) in [5.74, 6) is 0.288. The molecule has 0 aliphatic carbocycles. The first-order valence-corrected chi connectivity index (χ1v) is 13.3. The van der Waals surface area contributed by atoms with Crippen molar-refractivity contribution >= 4 is 23.7 Å². The third kappa shape index (κ3) is 7.84. The molecular formula is C31H33N5O4. The zero-order valence-corrected chi connectivity index (χ0v) is 22.5. The molecular weight excluding hydrogens is 506 g/mol. The van der Waals surface area contributed by atoms with Gasteiger partial charge in [-0.25, -0.2) is 9.59 Å². The van der Waals surface area contributed by atoms with Crippen molar-refractivity contribution < 1.29 is 19.1 Å². The number of amides is 4. The van der Waals surface area contributed by atoms with E-state index in [1.807, 2.05) is 72.5 Å². The van der Waals surface area contributed by atoms with Crippen LogP contribution in [-0.2, 0) is 11.3 Å². The number of nitriles is 1. The van der Waals surface area contributed by atoms with Crippen molar-refractivity contribution in [3.05, 3.63) is 101 Å². The number of hydrogen-bond donors (Lipinski definition) is 3. The first kappa shape index (κ1) is 28.2. The van der Waals surface area contributed by atoms with Crippen LogP contribution < -0.4 is 16.0 Å². The second kappa shape index (κ2) is 13.8. The summed E-state index contributed by atoms with van der Waals surface area (Å²) in [4.78, 5) is 39.3. The monoisotopic (exact) mass is 539 g/mol. The number of alkyl carbamates (subject to hydrolysis) is 1. The molecule has 4 rings (SSSR count). The molecule has 0 radical (unpaired) electrons. The minimum absolute atomic E-state index is 0.0695. The Labute approximate surface area is 234 Å². The van der Waals surface area contributed by atoms with E-state index in [0.29, 0.717) is 35.8 Å². The first-order chi connectivity index (χ1) is 19.4. The largest absolute Gasteiger partial charge is 0.445 e. The lowest BCUT2D eigenvalue weighted by Gasteiger charge is -2.32. The minimum Gasteiger partial charge on any atom is -0.445 e. The second-order valence-corrected chi connectivity index (χ2v) is 9.70. The van der Waals surface area contributed by atoms with Crippen LogP contribution in [0.2, 0.25) is 0 Å². The molecule has 0 spiro atoms. The second-order valence-electron chi connectivity index (χ2n) is 9.70. The van der Waals surface area contributed by atoms with Gasteiger partial charge in [0.15, 0.2) is 0 Å². The molecule has 0 saturated carbocycles. The number of rotatable bonds is 8. The smallest absolute Gasteiger partial charge is 0.407 e. The van der Waals surface area contributed by atoms with Gasteiger partial charge in [-0.3, -0.25) is 4.79 Å². The Balaban J connectivity index is 1.21. The maximum atomic E-state index is 13.2. The van der Waals surface area contributed by atoms with Crippen molar-refractivity contribution in [3.63, 3.8) is 0 Å². The van der Waals surface area contributed by atoms with Gasteiger partial charge in [0.2, 0.25) is 0 Å². The average Bonchev–Trinajstić information content (AvgIpc) is 2.99. The third-order valence-corrected chi connectivity index (χ3v) is 6.92. The molecule has 0 atom stereocenters. The van der Waals surface area contributed by atoms with Crippen LogP contribution in [0.4, 0.5) is 15.3 Å². The molecule has 0 aromatic heterocycles. The number of carbonyl (C=O) groups excluding carboxylic acids is 3. The zero-order chi connectivity index (χ0) is 28.3. The van der Waals surface area contributed by atoms with Crippen LogP contribution in [0.15, 0.2) is 72.8 Å². The first-order valence-electron chi connectivity index (χ1n) is 13.3. The van der Waals surface area contributed by atoms with Crippen LogP contribution in [0.5, 0.6) is 0 Å². The number of hydrogen-bond acceptors (Lipinski definition) is 5. The number of urea groups is 1. The van der Waals surface area contributed by atoms with E-state index in [-0.39, 0.29) is 25.6 Å². The lowest BCUT2D eigenvalue weighted by molar-refractivity contribution is 0.0713. The van der Waals surface area contributed by atoms with Crippen molar-refractivity contribution in [2.45, 2.75) is 32.3 Å². The summed E-state index contributed by atoms with van der Waals surface area (Å²) in [5.41, 5.74) is 4.61. The highest BCUT2D eigenvalue weighted by atomic mass is 16.5. The molecule has 206 valence electrons. The summed E-state index contributed by atoms with van der Waals surface area (Å²) >= 11 is 0. The fourth-order valence-corrected chi connectivity index (χ4v) is 4.60. The number of ether oxygens (including phenoxy) is 1. The number of benzene rings is 3. The van der Waals surface area contributed by atoms with Crippen molar-refractivity contribution in [1.29, 1.82) is 5.26 Å². The Morgan fingerprint density at radius 3 is 2.35 bits per heavy atom. The van der Waals surface area contributed by atoms with Gasteiger partial charge in [-0.05, 0) is 66.6 Å². The molecule has 1 heterocycles. The van der Waals surface area contributed by atoms with Crippen molar-refractivity contribution in [1.82, 2.24) is 15.5 Å². The SMILES string of the molecule is Cc1ccc(C(=O)N2CCC(c3ccc(C#N)cc3)CC2)cc1NC(=O)NCCNC(=O)OCc1ccccc1. The van der Waals surface area contributed by atoms with E-state index in [4.69, 9.17) is 10.00 Å². The molecule has 3 aromatic carbocycles. The standard InChI is InChI=1S/C31H33N5O4/c1-22-7-10-27(29(37)36-17-13-26(14-18-36)25-11-8-23(20-32)9-12-25)19-28(22)35-30(38)33-15-16-34-31(39)40-21-24-5-3-2-4-6-24/h2-12,19,26H,13-18,21H2,1H3,(H,34,39)(H2,33,35,38). The van der Waals surface area contributed by atoms with Crippen LogP contribution >= 0.6 is 0 Å². The van der Waals surface area contributed by atoms with Crippen LogP contribution in [0.3, 0.4) is 0 Å². The minimum atomic E-state index is -0.561. The van der Waals surface area contributed by atoms with Crippen LogP contribution in [0.25, 0.3) is 0 Å². The highest BCUT2D eigenvalue weighted by Crippen LogP contribution is 2.29. The Bertz CT molecular complexity index is 1360. The van der Waals surface area contributed by atoms with E-state index < -0.39 is 12.1 Å². The molecule has 0 bridgehead atoms. The van der Waals surface area contributed by atoms with E-state index in [1.165, 1.54) is 5.56 Å². The summed E-state index contributed by atoms with van der Waals surface area (Å²) in [7, 11) is 0. The van der Waals surface area contributed by atoms with Gasteiger partial charge in [0.1, 0.15) is 6.61 Å². The Kier molecular flexibility index (Phi) is 9.72. The molecule has 3 aromatic rings. The Hall–Kier alpha value is -4.84. The molecule has 9 nitrogen and oxygen atoms in total. The van der Waals surface area contributed by atoms with E-state index in [0.717, 1.165) is 24.0 Å². The predicted octanol–water partition coefficient (Wildman–Crippen LogP) is 4.93. The molecule has 3 N–H and O–H groups in total. The summed E-state index contributed by atoms with van der Waals surface area (Å²) in [6.07, 6.45) is 1.14. The summed E-state index contributed by atoms with van der Waals surface area (Å²) in [6, 6.07) is 24.0. The molecule has 1 fully saturated rings. The molecule has 9 heteroatoms. The van der Waals surface area contributed by atoms with Crippen molar-refractivity contribution in [2.24, 2.45) is 0 Å². The summed E-state index contributed by atoms with van der Waals surface area (Å²) in [5, 5.41) is 17.1. The quantitative estimate of drug-likeness (QED) is 0.350. The number of carbonyl (C=O) groups is 3. The summed E-state index contributed by atoms with van der Waals surface area (Å²) < 4.78 is 5.14. The van der Waals surface area contributed by atoms with Gasteiger partial charge in [0, 0.05) is 37.4 Å². The van der Waals surface area contributed by atoms with Crippen molar-refractivity contribution in [3.8, 4) is 6.07 Å². The van der Waals surface area contributed by atoms with Crippen molar-refractivity contribution in [2.75, 3.05) is 31.5 Å². The Morgan fingerprint density at radius 2 is 1.65 bits per heavy atom. The van der Waals surface area contributed by atoms with Gasteiger partial charge < -0.3 is 25.6 Å². The number of aryl methyl sites for hydroxylation is 1. The number of likely N-dealkylation sites (tertiary alicyclic amines) is 1. The van der Waals surface area contributed by atoms with Gasteiger partial charge in [-0.1, -0.05) is 48.5 Å². The van der Waals surface area contributed by atoms with E-state index in [9.17, 15) is 14.4 Å². The van der Waals surface area contributed by atoms with E-state index in [1.54, 1.807) is 12.1 Å². The Morgan fingerprint density at radius 1 is 0.950 bits per heavy atom. The number of anilines is 1.